The predicted molar refractivity (Wildman–Crippen MR) is 246 cm³/mol. The van der Waals surface area contributed by atoms with Gasteiger partial charge in [-0.05, 0) is 83.3 Å². The van der Waals surface area contributed by atoms with Crippen molar-refractivity contribution in [3.05, 3.63) is 80.6 Å². The second-order valence-electron chi connectivity index (χ2n) is 16.5. The Bertz CT molecular complexity index is 2830. The molecule has 0 saturated carbocycles. The van der Waals surface area contributed by atoms with Crippen molar-refractivity contribution in [3.8, 4) is 11.5 Å². The highest BCUT2D eigenvalue weighted by atomic mass is 32.1. The van der Waals surface area contributed by atoms with E-state index in [0.29, 0.717) is 75.1 Å². The van der Waals surface area contributed by atoms with Crippen LogP contribution in [0.15, 0.2) is 42.5 Å². The standard InChI is InChI=1S/C45H54N12O7S/c1-6-30-38(65-27(4)48-30)42(61)52-44-50-32-21-29(40(47)59)23-35(64-17-10-13-54-16-11-45(24-54)12-18-63-25-45)37(32)56(44)15-9-8-14-55-36-31(20-28(39(46)58)22-34(36)62-5)49-43(55)51-41(60)33-19-26(3)53-57(33)7-2/h8-9,19-23H,6-7,10-18,24-25H2,1-5H3,(H2,46,58)(H2,47,59)(H,49,51,60)(H,50,52,61)/b9-8+. The van der Waals surface area contributed by atoms with Crippen LogP contribution in [0.3, 0.4) is 0 Å². The zero-order valence-electron chi connectivity index (χ0n) is 37.2. The zero-order valence-corrected chi connectivity index (χ0v) is 38.0. The van der Waals surface area contributed by atoms with Crippen LogP contribution in [0.2, 0.25) is 0 Å². The lowest BCUT2D eigenvalue weighted by Gasteiger charge is -2.22. The summed E-state index contributed by atoms with van der Waals surface area (Å²) in [6, 6.07) is 7.98. The average Bonchev–Trinajstić information content (AvgIpc) is 4.16. The number of imidazole rings is 2. The van der Waals surface area contributed by atoms with Gasteiger partial charge in [0, 0.05) is 55.9 Å². The topological polar surface area (TPSA) is 242 Å². The van der Waals surface area contributed by atoms with Gasteiger partial charge in [-0.3, -0.25) is 34.5 Å². The van der Waals surface area contributed by atoms with E-state index in [2.05, 4.69) is 25.6 Å². The minimum absolute atomic E-state index is 0.178. The van der Waals surface area contributed by atoms with Gasteiger partial charge in [0.1, 0.15) is 33.1 Å². The largest absolute Gasteiger partial charge is 0.494 e. The number of nitrogens with two attached hydrogens (primary N) is 2. The Morgan fingerprint density at radius 1 is 0.877 bits per heavy atom. The lowest BCUT2D eigenvalue weighted by molar-refractivity contribution is 0.0991. The van der Waals surface area contributed by atoms with Crippen molar-refractivity contribution in [3.63, 3.8) is 0 Å². The van der Waals surface area contributed by atoms with Crippen LogP contribution >= 0.6 is 11.3 Å². The van der Waals surface area contributed by atoms with E-state index >= 15 is 0 Å². The number of amides is 4. The lowest BCUT2D eigenvalue weighted by atomic mass is 9.87. The third kappa shape index (κ3) is 9.32. The number of carbonyl (C=O) groups excluding carboxylic acids is 4. The van der Waals surface area contributed by atoms with Crippen LogP contribution in [0.25, 0.3) is 22.1 Å². The molecule has 2 fully saturated rings. The fraction of sp³-hybridized carbons (Fsp3) is 0.422. The number of methoxy groups -OCH3 is 1. The molecule has 0 radical (unpaired) electrons. The van der Waals surface area contributed by atoms with Crippen LogP contribution in [0, 0.1) is 19.3 Å². The van der Waals surface area contributed by atoms with Gasteiger partial charge < -0.3 is 39.7 Å². The quantitative estimate of drug-likeness (QED) is 0.0652. The van der Waals surface area contributed by atoms with Crippen molar-refractivity contribution in [1.82, 2.24) is 38.8 Å². The van der Waals surface area contributed by atoms with Gasteiger partial charge in [0.05, 0.1) is 47.8 Å². The van der Waals surface area contributed by atoms with Crippen molar-refractivity contribution in [1.29, 1.82) is 0 Å². The summed E-state index contributed by atoms with van der Waals surface area (Å²) in [6.45, 7) is 13.2. The number of benzene rings is 2. The number of hydrogen-bond donors (Lipinski definition) is 4. The summed E-state index contributed by atoms with van der Waals surface area (Å²) in [5.74, 6) is -0.965. The van der Waals surface area contributed by atoms with Crippen molar-refractivity contribution in [2.24, 2.45) is 16.9 Å². The maximum absolute atomic E-state index is 13.9. The average molecular weight is 907 g/mol. The highest BCUT2D eigenvalue weighted by molar-refractivity contribution is 7.13. The predicted octanol–water partition coefficient (Wildman–Crippen LogP) is 5.09. The van der Waals surface area contributed by atoms with Crippen LogP contribution in [0.1, 0.15) is 90.4 Å². The first-order valence-corrected chi connectivity index (χ1v) is 22.6. The number of aryl methyl sites for hydroxylation is 4. The highest BCUT2D eigenvalue weighted by Crippen LogP contribution is 2.38. The molecule has 1 spiro atoms. The second kappa shape index (κ2) is 18.8. The van der Waals surface area contributed by atoms with E-state index in [9.17, 15) is 19.2 Å². The molecule has 6 N–H and O–H groups in total. The summed E-state index contributed by atoms with van der Waals surface area (Å²) in [5.41, 5.74) is 15.7. The van der Waals surface area contributed by atoms with E-state index < -0.39 is 17.7 Å². The maximum atomic E-state index is 13.9. The van der Waals surface area contributed by atoms with Crippen molar-refractivity contribution in [2.45, 2.75) is 73.0 Å². The van der Waals surface area contributed by atoms with Crippen LogP contribution in [-0.2, 0) is 30.8 Å². The summed E-state index contributed by atoms with van der Waals surface area (Å²) >= 11 is 1.30. The molecule has 19 nitrogen and oxygen atoms in total. The van der Waals surface area contributed by atoms with Crippen LogP contribution in [-0.4, -0.2) is 109 Å². The molecule has 2 aliphatic rings. The third-order valence-corrected chi connectivity index (χ3v) is 13.0. The number of allylic oxidation sites excluding steroid dienone is 2. The summed E-state index contributed by atoms with van der Waals surface area (Å²) < 4.78 is 23.1. The van der Waals surface area contributed by atoms with E-state index in [1.807, 2.05) is 44.4 Å². The molecule has 1 atom stereocenters. The first-order valence-electron chi connectivity index (χ1n) is 21.7. The molecule has 2 saturated heterocycles. The molecule has 0 bridgehead atoms. The number of anilines is 2. The number of ether oxygens (including phenoxy) is 3. The molecular formula is C45H54N12O7S. The molecule has 4 amide bonds. The molecule has 0 aliphatic carbocycles. The van der Waals surface area contributed by atoms with Gasteiger partial charge in [-0.25, -0.2) is 15.0 Å². The summed E-state index contributed by atoms with van der Waals surface area (Å²) in [4.78, 5) is 69.6. The van der Waals surface area contributed by atoms with E-state index in [1.165, 1.54) is 24.5 Å². The Hall–Kier alpha value is -6.64. The van der Waals surface area contributed by atoms with Crippen molar-refractivity contribution < 1.29 is 33.4 Å². The molecule has 6 heterocycles. The van der Waals surface area contributed by atoms with Gasteiger partial charge >= 0.3 is 0 Å². The van der Waals surface area contributed by atoms with Crippen LogP contribution in [0.5, 0.6) is 11.5 Å². The second-order valence-corrected chi connectivity index (χ2v) is 17.7. The van der Waals surface area contributed by atoms with Gasteiger partial charge in [0.2, 0.25) is 23.7 Å². The van der Waals surface area contributed by atoms with Gasteiger partial charge in [-0.1, -0.05) is 19.1 Å². The molecule has 20 heteroatoms. The van der Waals surface area contributed by atoms with Crippen LogP contribution in [0.4, 0.5) is 11.9 Å². The molecule has 1 unspecified atom stereocenters. The molecule has 65 heavy (non-hydrogen) atoms. The van der Waals surface area contributed by atoms with Gasteiger partial charge in [-0.2, -0.15) is 5.10 Å². The number of nitrogens with one attached hydrogen (secondary N) is 2. The number of thiazole rings is 1. The van der Waals surface area contributed by atoms with Crippen LogP contribution < -0.4 is 31.6 Å². The fourth-order valence-electron chi connectivity index (χ4n) is 8.76. The molecule has 6 aromatic rings. The van der Waals surface area contributed by atoms with Gasteiger partial charge in [-0.15, -0.1) is 11.3 Å². The summed E-state index contributed by atoms with van der Waals surface area (Å²) in [7, 11) is 1.47. The van der Waals surface area contributed by atoms with Crippen molar-refractivity contribution >= 4 is 68.9 Å². The van der Waals surface area contributed by atoms with E-state index in [-0.39, 0.29) is 47.4 Å². The lowest BCUT2D eigenvalue weighted by Crippen LogP contribution is -2.28. The smallest absolute Gasteiger partial charge is 0.276 e. The number of aromatic nitrogens is 7. The normalized spacial score (nSPS) is 16.4. The Labute approximate surface area is 379 Å². The Balaban J connectivity index is 1.13. The van der Waals surface area contributed by atoms with E-state index in [0.717, 1.165) is 57.1 Å². The minimum atomic E-state index is -0.662. The number of likely N-dealkylation sites (tertiary alicyclic amines) is 1. The van der Waals surface area contributed by atoms with E-state index in [1.54, 1.807) is 33.5 Å². The number of primary amides is 2. The Morgan fingerprint density at radius 2 is 1.52 bits per heavy atom. The van der Waals surface area contributed by atoms with Gasteiger partial charge in [0.25, 0.3) is 11.8 Å². The SMILES string of the molecule is CCc1nc(C)sc1C(=O)Nc1nc2cc(C(N)=O)cc(OCCCN3CCC4(CCOC4)C3)c2n1C/C=C/Cn1c(NC(=O)c2cc(C)nn2CC)nc2cc(C(N)=O)cc(OC)c21. The summed E-state index contributed by atoms with van der Waals surface area (Å²) in [6.07, 6.45) is 7.27. The maximum Gasteiger partial charge on any atom is 0.276 e. The minimum Gasteiger partial charge on any atom is -0.494 e. The number of rotatable bonds is 18. The highest BCUT2D eigenvalue weighted by Gasteiger charge is 2.41. The number of fused-ring (bicyclic) bond motifs is 2. The number of hydrogen-bond acceptors (Lipinski definition) is 13. The van der Waals surface area contributed by atoms with Crippen molar-refractivity contribution in [2.75, 3.05) is 57.2 Å². The zero-order chi connectivity index (χ0) is 46.0. The van der Waals surface area contributed by atoms with Gasteiger partial charge in [0.15, 0.2) is 0 Å². The number of nitrogens with zero attached hydrogens (tertiary/aromatic N) is 8. The Kier molecular flexibility index (Phi) is 13.0. The molecule has 2 aliphatic heterocycles. The molecule has 4 aromatic heterocycles. The molecule has 2 aromatic carbocycles. The molecular weight excluding hydrogens is 853 g/mol. The molecule has 342 valence electrons. The Morgan fingerprint density at radius 3 is 2.12 bits per heavy atom. The monoisotopic (exact) mass is 906 g/mol. The number of carbonyl (C=O) groups is 4. The first kappa shape index (κ1) is 44.9. The van der Waals surface area contributed by atoms with E-state index in [4.69, 9.17) is 35.6 Å². The third-order valence-electron chi connectivity index (χ3n) is 12.0. The fourth-order valence-corrected chi connectivity index (χ4v) is 9.66. The summed E-state index contributed by atoms with van der Waals surface area (Å²) in [5, 5.41) is 11.1. The molecule has 8 rings (SSSR count). The first-order chi connectivity index (χ1) is 31.3.